The van der Waals surface area contributed by atoms with Crippen LogP contribution >= 0.6 is 0 Å². The molecular formula is C21H26FN2O+. The van der Waals surface area contributed by atoms with Crippen molar-refractivity contribution in [1.82, 2.24) is 0 Å². The molecule has 1 amide bonds. The fourth-order valence-electron chi connectivity index (χ4n) is 3.56. The molecule has 1 saturated heterocycles. The zero-order chi connectivity index (χ0) is 17.6. The Bertz CT molecular complexity index is 709. The van der Waals surface area contributed by atoms with Crippen LogP contribution in [0.5, 0.6) is 0 Å². The number of halogens is 1. The Morgan fingerprint density at radius 1 is 1.16 bits per heavy atom. The molecule has 0 atom stereocenters. The zero-order valence-electron chi connectivity index (χ0n) is 14.7. The van der Waals surface area contributed by atoms with Crippen LogP contribution in [0, 0.1) is 18.7 Å². The first-order valence-corrected chi connectivity index (χ1v) is 9.03. The van der Waals surface area contributed by atoms with Crippen molar-refractivity contribution in [3.8, 4) is 0 Å². The third-order valence-electron chi connectivity index (χ3n) is 4.99. The van der Waals surface area contributed by atoms with Crippen molar-refractivity contribution >= 4 is 11.6 Å². The van der Waals surface area contributed by atoms with Gasteiger partial charge in [-0.2, -0.15) is 0 Å². The van der Waals surface area contributed by atoms with Crippen LogP contribution in [0.15, 0.2) is 48.5 Å². The Balaban J connectivity index is 1.44. The molecule has 25 heavy (non-hydrogen) atoms. The summed E-state index contributed by atoms with van der Waals surface area (Å²) in [5.74, 6) is 0.216. The van der Waals surface area contributed by atoms with Crippen LogP contribution in [-0.2, 0) is 11.2 Å². The first-order valence-electron chi connectivity index (χ1n) is 9.03. The minimum Gasteiger partial charge on any atom is -0.327 e. The average Bonchev–Trinajstić information content (AvgIpc) is 2.60. The van der Waals surface area contributed by atoms with Crippen LogP contribution in [0.1, 0.15) is 24.0 Å². The Morgan fingerprint density at radius 2 is 1.88 bits per heavy atom. The molecule has 0 spiro atoms. The quantitative estimate of drug-likeness (QED) is 0.861. The van der Waals surface area contributed by atoms with Crippen LogP contribution in [0.4, 0.5) is 10.1 Å². The molecule has 0 saturated carbocycles. The summed E-state index contributed by atoms with van der Waals surface area (Å²) in [5, 5.41) is 2.70. The summed E-state index contributed by atoms with van der Waals surface area (Å²) in [6.45, 7) is 4.24. The highest BCUT2D eigenvalue weighted by Crippen LogP contribution is 2.17. The first kappa shape index (κ1) is 17.6. The van der Waals surface area contributed by atoms with Gasteiger partial charge in [0.1, 0.15) is 5.82 Å². The lowest BCUT2D eigenvalue weighted by Crippen LogP contribution is -3.14. The number of aryl methyl sites for hydroxylation is 1. The van der Waals surface area contributed by atoms with E-state index in [0.717, 1.165) is 37.9 Å². The van der Waals surface area contributed by atoms with Crippen LogP contribution < -0.4 is 10.2 Å². The lowest BCUT2D eigenvalue weighted by atomic mass is 9.90. The number of quaternary nitrogens is 1. The van der Waals surface area contributed by atoms with Gasteiger partial charge in [0.2, 0.25) is 0 Å². The maximum absolute atomic E-state index is 13.8. The van der Waals surface area contributed by atoms with Gasteiger partial charge >= 0.3 is 0 Å². The lowest BCUT2D eigenvalue weighted by Gasteiger charge is -2.29. The maximum Gasteiger partial charge on any atom is 0.279 e. The number of carbonyl (C=O) groups excluding carboxylic acids is 1. The molecule has 132 valence electrons. The molecule has 1 fully saturated rings. The molecule has 0 aromatic heterocycles. The minimum absolute atomic E-state index is 0.112. The number of rotatable bonds is 5. The third-order valence-corrected chi connectivity index (χ3v) is 4.99. The van der Waals surface area contributed by atoms with E-state index in [1.54, 1.807) is 12.1 Å². The fourth-order valence-corrected chi connectivity index (χ4v) is 3.56. The molecule has 4 heteroatoms. The third kappa shape index (κ3) is 5.13. The highest BCUT2D eigenvalue weighted by molar-refractivity contribution is 5.91. The second kappa shape index (κ2) is 8.26. The van der Waals surface area contributed by atoms with Crippen molar-refractivity contribution in [3.63, 3.8) is 0 Å². The second-order valence-corrected chi connectivity index (χ2v) is 7.09. The predicted octanol–water partition coefficient (Wildman–Crippen LogP) is 2.61. The fraction of sp³-hybridized carbons (Fsp3) is 0.381. The Kier molecular flexibility index (Phi) is 5.82. The topological polar surface area (TPSA) is 33.5 Å². The van der Waals surface area contributed by atoms with Crippen molar-refractivity contribution in [2.45, 2.75) is 26.2 Å². The molecule has 3 nitrogen and oxygen atoms in total. The molecular weight excluding hydrogens is 315 g/mol. The van der Waals surface area contributed by atoms with Gasteiger partial charge in [0, 0.05) is 0 Å². The second-order valence-electron chi connectivity index (χ2n) is 7.09. The molecule has 2 N–H and O–H groups in total. The van der Waals surface area contributed by atoms with Gasteiger partial charge in [-0.05, 0) is 55.4 Å². The Labute approximate surface area is 148 Å². The standard InChI is InChI=1S/C21H25FN2O/c1-16-7-8-20(19(22)13-16)23-21(25)15-24-11-9-18(10-12-24)14-17-5-3-2-4-6-17/h2-8,13,18H,9-12,14-15H2,1H3,(H,23,25)/p+1. The van der Waals surface area contributed by atoms with Crippen molar-refractivity contribution in [2.75, 3.05) is 25.0 Å². The first-order chi connectivity index (χ1) is 12.1. The summed E-state index contributed by atoms with van der Waals surface area (Å²) in [5.41, 5.74) is 2.51. The van der Waals surface area contributed by atoms with Gasteiger partial charge < -0.3 is 10.2 Å². The predicted molar refractivity (Wildman–Crippen MR) is 98.2 cm³/mol. The largest absolute Gasteiger partial charge is 0.327 e. The van der Waals surface area contributed by atoms with Crippen LogP contribution in [0.25, 0.3) is 0 Å². The van der Waals surface area contributed by atoms with E-state index < -0.39 is 0 Å². The molecule has 1 heterocycles. The van der Waals surface area contributed by atoms with Gasteiger partial charge in [0.25, 0.3) is 5.91 Å². The summed E-state index contributed by atoms with van der Waals surface area (Å²) in [7, 11) is 0. The SMILES string of the molecule is Cc1ccc(NC(=O)C[NH+]2CCC(Cc3ccccc3)CC2)c(F)c1. The minimum atomic E-state index is -0.370. The van der Waals surface area contributed by atoms with Crippen molar-refractivity contribution in [3.05, 3.63) is 65.5 Å². The molecule has 0 radical (unpaired) electrons. The van der Waals surface area contributed by atoms with E-state index in [1.807, 2.05) is 13.0 Å². The number of amides is 1. The van der Waals surface area contributed by atoms with Crippen LogP contribution in [-0.4, -0.2) is 25.5 Å². The van der Waals surface area contributed by atoms with E-state index in [9.17, 15) is 9.18 Å². The summed E-state index contributed by atoms with van der Waals surface area (Å²) >= 11 is 0. The number of likely N-dealkylation sites (tertiary alicyclic amines) is 1. The molecule has 2 aromatic carbocycles. The number of hydrogen-bond acceptors (Lipinski definition) is 1. The van der Waals surface area contributed by atoms with Crippen LogP contribution in [0.3, 0.4) is 0 Å². The summed E-state index contributed by atoms with van der Waals surface area (Å²) < 4.78 is 13.8. The van der Waals surface area contributed by atoms with E-state index in [0.29, 0.717) is 12.5 Å². The van der Waals surface area contributed by atoms with Crippen molar-refractivity contribution in [2.24, 2.45) is 5.92 Å². The number of hydrogen-bond donors (Lipinski definition) is 2. The molecule has 1 aliphatic rings. The molecule has 0 aliphatic carbocycles. The summed E-state index contributed by atoms with van der Waals surface area (Å²) in [6, 6.07) is 15.5. The Hall–Kier alpha value is -2.20. The number of carbonyl (C=O) groups is 1. The van der Waals surface area contributed by atoms with Crippen molar-refractivity contribution in [1.29, 1.82) is 0 Å². The molecule has 0 bridgehead atoms. The van der Waals surface area contributed by atoms with E-state index in [2.05, 4.69) is 29.6 Å². The Morgan fingerprint density at radius 3 is 2.56 bits per heavy atom. The smallest absolute Gasteiger partial charge is 0.279 e. The van der Waals surface area contributed by atoms with E-state index >= 15 is 0 Å². The van der Waals surface area contributed by atoms with Gasteiger partial charge in [-0.1, -0.05) is 36.4 Å². The van der Waals surface area contributed by atoms with E-state index in [-0.39, 0.29) is 17.4 Å². The van der Waals surface area contributed by atoms with Gasteiger partial charge in [-0.3, -0.25) is 4.79 Å². The lowest BCUT2D eigenvalue weighted by molar-refractivity contribution is -0.898. The number of anilines is 1. The van der Waals surface area contributed by atoms with Gasteiger partial charge in [0.15, 0.2) is 6.54 Å². The highest BCUT2D eigenvalue weighted by atomic mass is 19.1. The van der Waals surface area contributed by atoms with E-state index in [4.69, 9.17) is 0 Å². The molecule has 0 unspecified atom stereocenters. The average molecular weight is 341 g/mol. The molecule has 3 rings (SSSR count). The number of benzene rings is 2. The zero-order valence-corrected chi connectivity index (χ0v) is 14.7. The van der Waals surface area contributed by atoms with Crippen molar-refractivity contribution < 1.29 is 14.1 Å². The summed E-state index contributed by atoms with van der Waals surface area (Å²) in [4.78, 5) is 13.5. The molecule has 2 aromatic rings. The van der Waals surface area contributed by atoms with Gasteiger partial charge in [-0.15, -0.1) is 0 Å². The highest BCUT2D eigenvalue weighted by Gasteiger charge is 2.24. The van der Waals surface area contributed by atoms with Crippen LogP contribution in [0.2, 0.25) is 0 Å². The monoisotopic (exact) mass is 341 g/mol. The van der Waals surface area contributed by atoms with E-state index in [1.165, 1.54) is 16.5 Å². The summed E-state index contributed by atoms with van der Waals surface area (Å²) in [6.07, 6.45) is 3.39. The molecule has 1 aliphatic heterocycles. The normalized spacial score (nSPS) is 20.2. The number of piperidine rings is 1. The number of nitrogens with one attached hydrogen (secondary N) is 2. The maximum atomic E-state index is 13.8. The van der Waals surface area contributed by atoms with Gasteiger partial charge in [-0.25, -0.2) is 4.39 Å². The van der Waals surface area contributed by atoms with Gasteiger partial charge in [0.05, 0.1) is 18.8 Å².